The fraction of sp³-hybridized carbons (Fsp3) is 0. The van der Waals surface area contributed by atoms with E-state index in [9.17, 15) is 0 Å². The first-order valence-electron chi connectivity index (χ1n) is 9.09. The van der Waals surface area contributed by atoms with Gasteiger partial charge in [0.2, 0.25) is 0 Å². The van der Waals surface area contributed by atoms with Crippen molar-refractivity contribution in [2.75, 3.05) is 0 Å². The Morgan fingerprint density at radius 3 is 1.85 bits per heavy atom. The van der Waals surface area contributed by atoms with Crippen molar-refractivity contribution in [3.05, 3.63) is 109 Å². The van der Waals surface area contributed by atoms with Crippen LogP contribution in [-0.2, 0) is 0 Å². The predicted molar refractivity (Wildman–Crippen MR) is 112 cm³/mol. The van der Waals surface area contributed by atoms with Crippen molar-refractivity contribution < 1.29 is 0 Å². The van der Waals surface area contributed by atoms with Gasteiger partial charge in [0.25, 0.3) is 0 Å². The van der Waals surface area contributed by atoms with Crippen LogP contribution >= 0.6 is 0 Å². The molecule has 0 saturated heterocycles. The highest BCUT2D eigenvalue weighted by Gasteiger charge is 2.18. The summed E-state index contributed by atoms with van der Waals surface area (Å²) in [6.07, 6.45) is 2.08. The molecular formula is C25H18N2. The van der Waals surface area contributed by atoms with Crippen LogP contribution in [0.3, 0.4) is 0 Å². The van der Waals surface area contributed by atoms with Gasteiger partial charge in [-0.25, -0.2) is 4.98 Å². The zero-order valence-corrected chi connectivity index (χ0v) is 14.8. The van der Waals surface area contributed by atoms with Crippen LogP contribution in [-0.4, -0.2) is 9.38 Å². The van der Waals surface area contributed by atoms with Crippen molar-refractivity contribution in [1.82, 2.24) is 9.38 Å². The van der Waals surface area contributed by atoms with Crippen LogP contribution in [0.1, 0.15) is 0 Å². The minimum Gasteiger partial charge on any atom is -0.299 e. The van der Waals surface area contributed by atoms with Gasteiger partial charge in [0.1, 0.15) is 5.65 Å². The molecule has 3 aromatic carbocycles. The maximum atomic E-state index is 5.01. The second-order valence-corrected chi connectivity index (χ2v) is 6.52. The molecule has 0 fully saturated rings. The number of fused-ring (bicyclic) bond motifs is 1. The van der Waals surface area contributed by atoms with Gasteiger partial charge in [0.05, 0.1) is 11.4 Å². The van der Waals surface area contributed by atoms with Gasteiger partial charge < -0.3 is 0 Å². The largest absolute Gasteiger partial charge is 0.299 e. The molecule has 2 heterocycles. The first-order chi connectivity index (χ1) is 13.4. The van der Waals surface area contributed by atoms with Gasteiger partial charge in [-0.05, 0) is 23.3 Å². The fourth-order valence-electron chi connectivity index (χ4n) is 3.61. The molecule has 2 heteroatoms. The SMILES string of the molecule is c1ccc(-c2ccccc2-c2nc3ccccn3c2-c2ccccc2)cc1. The molecule has 2 aromatic heterocycles. The lowest BCUT2D eigenvalue weighted by Crippen LogP contribution is -1.90. The minimum absolute atomic E-state index is 0.953. The summed E-state index contributed by atoms with van der Waals surface area (Å²) in [6, 6.07) is 35.6. The molecule has 0 spiro atoms. The number of imidazole rings is 1. The number of hydrogen-bond donors (Lipinski definition) is 0. The van der Waals surface area contributed by atoms with E-state index >= 15 is 0 Å². The van der Waals surface area contributed by atoms with E-state index in [2.05, 4.69) is 89.5 Å². The molecule has 5 rings (SSSR count). The van der Waals surface area contributed by atoms with Crippen LogP contribution in [0.4, 0.5) is 0 Å². The van der Waals surface area contributed by atoms with E-state index in [1.54, 1.807) is 0 Å². The lowest BCUT2D eigenvalue weighted by atomic mass is 9.95. The van der Waals surface area contributed by atoms with Gasteiger partial charge in [-0.1, -0.05) is 91.0 Å². The summed E-state index contributed by atoms with van der Waals surface area (Å²) in [5.41, 5.74) is 7.78. The van der Waals surface area contributed by atoms with Crippen molar-refractivity contribution in [3.8, 4) is 33.6 Å². The molecule has 5 aromatic rings. The minimum atomic E-state index is 0.953. The number of benzene rings is 3. The van der Waals surface area contributed by atoms with Gasteiger partial charge in [0.15, 0.2) is 0 Å². The lowest BCUT2D eigenvalue weighted by molar-refractivity contribution is 1.19. The van der Waals surface area contributed by atoms with E-state index in [1.165, 1.54) is 11.1 Å². The lowest BCUT2D eigenvalue weighted by Gasteiger charge is -2.11. The van der Waals surface area contributed by atoms with Gasteiger partial charge in [0, 0.05) is 17.3 Å². The maximum Gasteiger partial charge on any atom is 0.137 e. The molecule has 0 bridgehead atoms. The first-order valence-corrected chi connectivity index (χ1v) is 9.09. The normalized spacial score (nSPS) is 11.0. The summed E-state index contributed by atoms with van der Waals surface area (Å²) in [5, 5.41) is 0. The molecule has 0 aliphatic rings. The Kier molecular flexibility index (Phi) is 3.80. The summed E-state index contributed by atoms with van der Waals surface area (Å²) >= 11 is 0. The van der Waals surface area contributed by atoms with Gasteiger partial charge in [-0.2, -0.15) is 0 Å². The molecule has 2 nitrogen and oxygen atoms in total. The Morgan fingerprint density at radius 1 is 0.519 bits per heavy atom. The zero-order valence-electron chi connectivity index (χ0n) is 14.8. The average molecular weight is 346 g/mol. The third-order valence-corrected chi connectivity index (χ3v) is 4.84. The van der Waals surface area contributed by atoms with Crippen LogP contribution < -0.4 is 0 Å². The summed E-state index contributed by atoms with van der Waals surface area (Å²) in [5.74, 6) is 0. The molecule has 0 amide bonds. The van der Waals surface area contributed by atoms with Crippen molar-refractivity contribution in [2.24, 2.45) is 0 Å². The van der Waals surface area contributed by atoms with Crippen molar-refractivity contribution in [1.29, 1.82) is 0 Å². The monoisotopic (exact) mass is 346 g/mol. The molecular weight excluding hydrogens is 328 g/mol. The highest BCUT2D eigenvalue weighted by molar-refractivity contribution is 5.90. The van der Waals surface area contributed by atoms with Crippen molar-refractivity contribution >= 4 is 5.65 Å². The molecule has 0 unspecified atom stereocenters. The Labute approximate surface area is 158 Å². The third-order valence-electron chi connectivity index (χ3n) is 4.84. The van der Waals surface area contributed by atoms with Crippen LogP contribution in [0.25, 0.3) is 39.3 Å². The summed E-state index contributed by atoms with van der Waals surface area (Å²) in [6.45, 7) is 0. The molecule has 0 aliphatic heterocycles. The molecule has 0 atom stereocenters. The number of hydrogen-bond acceptors (Lipinski definition) is 1. The van der Waals surface area contributed by atoms with E-state index in [4.69, 9.17) is 4.98 Å². The van der Waals surface area contributed by atoms with Crippen molar-refractivity contribution in [2.45, 2.75) is 0 Å². The predicted octanol–water partition coefficient (Wildman–Crippen LogP) is 6.34. The van der Waals surface area contributed by atoms with E-state index in [1.807, 2.05) is 24.3 Å². The van der Waals surface area contributed by atoms with E-state index in [0.29, 0.717) is 0 Å². The van der Waals surface area contributed by atoms with E-state index in [0.717, 1.165) is 28.2 Å². The molecule has 27 heavy (non-hydrogen) atoms. The quantitative estimate of drug-likeness (QED) is 0.373. The van der Waals surface area contributed by atoms with Crippen LogP contribution in [0.5, 0.6) is 0 Å². The topological polar surface area (TPSA) is 17.3 Å². The molecule has 0 saturated carbocycles. The highest BCUT2D eigenvalue weighted by atomic mass is 15.0. The smallest absolute Gasteiger partial charge is 0.137 e. The summed E-state index contributed by atoms with van der Waals surface area (Å²) in [7, 11) is 0. The first kappa shape index (κ1) is 15.6. The maximum absolute atomic E-state index is 5.01. The Balaban J connectivity index is 1.83. The number of rotatable bonds is 3. The van der Waals surface area contributed by atoms with Gasteiger partial charge in [-0.15, -0.1) is 0 Å². The second-order valence-electron chi connectivity index (χ2n) is 6.52. The van der Waals surface area contributed by atoms with E-state index in [-0.39, 0.29) is 0 Å². The van der Waals surface area contributed by atoms with Crippen LogP contribution in [0.15, 0.2) is 109 Å². The van der Waals surface area contributed by atoms with Gasteiger partial charge >= 0.3 is 0 Å². The molecule has 0 aliphatic carbocycles. The Morgan fingerprint density at radius 2 is 1.11 bits per heavy atom. The zero-order chi connectivity index (χ0) is 18.1. The number of pyridine rings is 1. The molecule has 0 N–H and O–H groups in total. The van der Waals surface area contributed by atoms with Crippen LogP contribution in [0.2, 0.25) is 0 Å². The Bertz CT molecular complexity index is 1210. The third kappa shape index (κ3) is 2.72. The Hall–Kier alpha value is -3.65. The number of nitrogens with zero attached hydrogens (tertiary/aromatic N) is 2. The summed E-state index contributed by atoms with van der Waals surface area (Å²) in [4.78, 5) is 5.01. The standard InChI is InChI=1S/C25H18N2/c1-3-11-19(12-4-1)21-15-7-8-16-22(21)24-25(20-13-5-2-6-14-20)27-18-10-9-17-23(27)26-24/h1-18H. The van der Waals surface area contributed by atoms with E-state index < -0.39 is 0 Å². The summed E-state index contributed by atoms with van der Waals surface area (Å²) < 4.78 is 2.17. The molecule has 128 valence electrons. The molecule has 0 radical (unpaired) electrons. The highest BCUT2D eigenvalue weighted by Crippen LogP contribution is 2.37. The number of aromatic nitrogens is 2. The second kappa shape index (κ2) is 6.58. The fourth-order valence-corrected chi connectivity index (χ4v) is 3.61. The average Bonchev–Trinajstić information content (AvgIpc) is 3.14. The van der Waals surface area contributed by atoms with Gasteiger partial charge in [-0.3, -0.25) is 4.40 Å². The van der Waals surface area contributed by atoms with Crippen molar-refractivity contribution in [3.63, 3.8) is 0 Å². The van der Waals surface area contributed by atoms with Crippen LogP contribution in [0, 0.1) is 0 Å².